The molecule has 2 rings (SSSR count). The number of nitrogens with zero attached hydrogens (tertiary/aromatic N) is 1. The Morgan fingerprint density at radius 1 is 1.24 bits per heavy atom. The van der Waals surface area contributed by atoms with E-state index >= 15 is 0 Å². The average Bonchev–Trinajstić information content (AvgIpc) is 2.55. The number of likely N-dealkylation sites (tertiary alicyclic amines) is 1. The summed E-state index contributed by atoms with van der Waals surface area (Å²) in [4.78, 5) is 20.2. The molecule has 25 heavy (non-hydrogen) atoms. The van der Waals surface area contributed by atoms with Crippen molar-refractivity contribution in [2.45, 2.75) is 38.3 Å². The number of piperidine rings is 1. The number of carbonyl (C=O) groups is 2. The molecular weight excluding hydrogens is 339 g/mol. The van der Waals surface area contributed by atoms with Crippen molar-refractivity contribution in [1.82, 2.24) is 4.90 Å². The molecule has 1 heterocycles. The van der Waals surface area contributed by atoms with Crippen LogP contribution in [0.25, 0.3) is 0 Å². The van der Waals surface area contributed by atoms with Crippen molar-refractivity contribution in [2.75, 3.05) is 19.6 Å². The van der Waals surface area contributed by atoms with Crippen LogP contribution in [0.15, 0.2) is 24.3 Å². The molecule has 1 fully saturated rings. The Kier molecular flexibility index (Phi) is 7.89. The fourth-order valence-corrected chi connectivity index (χ4v) is 2.82. The Bertz CT molecular complexity index is 576. The van der Waals surface area contributed by atoms with Gasteiger partial charge in [-0.25, -0.2) is 0 Å². The van der Waals surface area contributed by atoms with E-state index in [1.165, 1.54) is 12.1 Å². The van der Waals surface area contributed by atoms with Gasteiger partial charge in [0.2, 0.25) is 0 Å². The summed E-state index contributed by atoms with van der Waals surface area (Å²) in [6, 6.07) is 5.82. The van der Waals surface area contributed by atoms with Crippen molar-refractivity contribution < 1.29 is 33.0 Å². The van der Waals surface area contributed by atoms with Crippen molar-refractivity contribution in [2.24, 2.45) is 0 Å². The molecule has 1 aromatic rings. The molecular formula is C17H20F3NO4-2. The first-order valence-electron chi connectivity index (χ1n) is 7.97. The molecule has 0 N–H and O–H groups in total. The van der Waals surface area contributed by atoms with E-state index in [9.17, 15) is 13.2 Å². The predicted molar refractivity (Wildman–Crippen MR) is 80.2 cm³/mol. The summed E-state index contributed by atoms with van der Waals surface area (Å²) >= 11 is 0. The lowest BCUT2D eigenvalue weighted by Gasteiger charge is -2.33. The number of carboxylic acids is 2. The van der Waals surface area contributed by atoms with E-state index < -0.39 is 23.7 Å². The number of halogens is 3. The molecule has 0 radical (unpaired) electrons. The molecule has 0 spiro atoms. The molecule has 1 unspecified atom stereocenters. The van der Waals surface area contributed by atoms with Crippen LogP contribution in [0.2, 0.25) is 0 Å². The monoisotopic (exact) mass is 359 g/mol. The highest BCUT2D eigenvalue weighted by Gasteiger charge is 2.31. The van der Waals surface area contributed by atoms with E-state index in [0.717, 1.165) is 50.5 Å². The van der Waals surface area contributed by atoms with E-state index in [-0.39, 0.29) is 5.92 Å². The van der Waals surface area contributed by atoms with Crippen LogP contribution in [0.1, 0.15) is 43.2 Å². The zero-order valence-electron chi connectivity index (χ0n) is 13.8. The third kappa shape index (κ3) is 7.13. The van der Waals surface area contributed by atoms with Gasteiger partial charge in [0.1, 0.15) is 0 Å². The van der Waals surface area contributed by atoms with Gasteiger partial charge in [0.15, 0.2) is 0 Å². The Balaban J connectivity index is 0.000000450. The first kappa shape index (κ1) is 21.0. The van der Waals surface area contributed by atoms with Crippen molar-refractivity contribution in [3.63, 3.8) is 0 Å². The smallest absolute Gasteiger partial charge is 0.416 e. The molecule has 0 amide bonds. The quantitative estimate of drug-likeness (QED) is 0.745. The van der Waals surface area contributed by atoms with Crippen molar-refractivity contribution >= 4 is 11.9 Å². The van der Waals surface area contributed by atoms with Crippen LogP contribution >= 0.6 is 0 Å². The van der Waals surface area contributed by atoms with Gasteiger partial charge in [-0.15, -0.1) is 0 Å². The van der Waals surface area contributed by atoms with Crippen molar-refractivity contribution in [3.8, 4) is 0 Å². The third-order valence-corrected chi connectivity index (χ3v) is 3.90. The second-order valence-corrected chi connectivity index (χ2v) is 5.84. The van der Waals surface area contributed by atoms with Gasteiger partial charge in [0, 0.05) is 6.54 Å². The van der Waals surface area contributed by atoms with Gasteiger partial charge < -0.3 is 24.7 Å². The number of hydrogen-bond donors (Lipinski definition) is 0. The minimum atomic E-state index is -4.24. The molecule has 8 heteroatoms. The van der Waals surface area contributed by atoms with Crippen LogP contribution in [0, 0.1) is 0 Å². The predicted octanol–water partition coefficient (Wildman–Crippen LogP) is 0.781. The highest BCUT2D eigenvalue weighted by molar-refractivity contribution is 6.25. The number of carbonyl (C=O) groups excluding carboxylic acids is 2. The summed E-state index contributed by atoms with van der Waals surface area (Å²) in [5.41, 5.74) is 0.299. The highest BCUT2D eigenvalue weighted by atomic mass is 19.4. The van der Waals surface area contributed by atoms with Crippen molar-refractivity contribution in [3.05, 3.63) is 35.4 Å². The molecule has 0 saturated carbocycles. The standard InChI is InChI=1S/C15H20F3N.C2H2O4/c1-2-8-19-9-4-6-13(11-19)12-5-3-7-14(10-12)15(16,17)18;3-1(4)2(5)6/h3,5,7,10,13H,2,4,6,8-9,11H2,1H3;(H,3,4)(H,5,6)/p-2. The van der Waals surface area contributed by atoms with Gasteiger partial charge in [-0.3, -0.25) is 0 Å². The van der Waals surface area contributed by atoms with Crippen LogP contribution in [-0.4, -0.2) is 36.5 Å². The number of rotatable bonds is 3. The molecule has 1 atom stereocenters. The van der Waals surface area contributed by atoms with E-state index in [4.69, 9.17) is 19.8 Å². The summed E-state index contributed by atoms with van der Waals surface area (Å²) in [6.45, 7) is 5.13. The molecule has 1 aliphatic rings. The molecule has 1 aromatic carbocycles. The second kappa shape index (κ2) is 9.41. The molecule has 5 nitrogen and oxygen atoms in total. The Hall–Kier alpha value is -2.09. The van der Waals surface area contributed by atoms with Crippen LogP contribution in [0.5, 0.6) is 0 Å². The average molecular weight is 359 g/mol. The zero-order valence-corrected chi connectivity index (χ0v) is 13.8. The molecule has 1 saturated heterocycles. The van der Waals surface area contributed by atoms with Crippen molar-refractivity contribution in [1.29, 1.82) is 0 Å². The number of alkyl halides is 3. The van der Waals surface area contributed by atoms with Crippen LogP contribution < -0.4 is 10.2 Å². The minimum absolute atomic E-state index is 0.239. The lowest BCUT2D eigenvalue weighted by atomic mass is 9.89. The second-order valence-electron chi connectivity index (χ2n) is 5.84. The zero-order chi connectivity index (χ0) is 19.0. The van der Waals surface area contributed by atoms with E-state index in [0.29, 0.717) is 0 Å². The fourth-order valence-electron chi connectivity index (χ4n) is 2.82. The maximum absolute atomic E-state index is 12.7. The van der Waals surface area contributed by atoms with Crippen LogP contribution in [-0.2, 0) is 15.8 Å². The maximum atomic E-state index is 12.7. The molecule has 0 bridgehead atoms. The maximum Gasteiger partial charge on any atom is 0.416 e. The number of benzene rings is 1. The van der Waals surface area contributed by atoms with Crippen LogP contribution in [0.3, 0.4) is 0 Å². The van der Waals surface area contributed by atoms with Gasteiger partial charge in [0.05, 0.1) is 17.5 Å². The van der Waals surface area contributed by atoms with Crippen LogP contribution in [0.4, 0.5) is 13.2 Å². The molecule has 1 aliphatic heterocycles. The number of aliphatic carboxylic acids is 2. The third-order valence-electron chi connectivity index (χ3n) is 3.90. The van der Waals surface area contributed by atoms with Gasteiger partial charge in [0.25, 0.3) is 0 Å². The normalized spacial score (nSPS) is 18.2. The lowest BCUT2D eigenvalue weighted by molar-refractivity contribution is -0.345. The number of hydrogen-bond acceptors (Lipinski definition) is 5. The lowest BCUT2D eigenvalue weighted by Crippen LogP contribution is -2.42. The van der Waals surface area contributed by atoms with Gasteiger partial charge in [-0.1, -0.05) is 25.1 Å². The fraction of sp³-hybridized carbons (Fsp3) is 0.529. The summed E-state index contributed by atoms with van der Waals surface area (Å²) < 4.78 is 38.2. The molecule has 140 valence electrons. The summed E-state index contributed by atoms with van der Waals surface area (Å²) in [5, 5.41) is 17.9. The topological polar surface area (TPSA) is 83.5 Å². The van der Waals surface area contributed by atoms with E-state index in [2.05, 4.69) is 11.8 Å². The largest absolute Gasteiger partial charge is 0.543 e. The molecule has 0 aromatic heterocycles. The Morgan fingerprint density at radius 2 is 1.88 bits per heavy atom. The Morgan fingerprint density at radius 3 is 2.40 bits per heavy atom. The van der Waals surface area contributed by atoms with Gasteiger partial charge >= 0.3 is 6.18 Å². The minimum Gasteiger partial charge on any atom is -0.543 e. The highest BCUT2D eigenvalue weighted by Crippen LogP contribution is 2.33. The van der Waals surface area contributed by atoms with E-state index in [1.54, 1.807) is 0 Å². The summed E-state index contributed by atoms with van der Waals surface area (Å²) in [6.07, 6.45) is -1.09. The summed E-state index contributed by atoms with van der Waals surface area (Å²) in [7, 11) is 0. The van der Waals surface area contributed by atoms with Gasteiger partial charge in [-0.05, 0) is 49.9 Å². The first-order valence-corrected chi connectivity index (χ1v) is 7.97. The van der Waals surface area contributed by atoms with E-state index in [1.807, 2.05) is 6.07 Å². The summed E-state index contributed by atoms with van der Waals surface area (Å²) in [5.74, 6) is -4.13. The first-order chi connectivity index (χ1) is 11.6. The molecule has 0 aliphatic carbocycles. The number of carboxylic acid groups (broad SMARTS) is 2. The SMILES string of the molecule is CCCN1CCCC(c2cccc(C(F)(F)F)c2)C1.O=C([O-])C(=O)[O-]. The van der Waals surface area contributed by atoms with Gasteiger partial charge in [-0.2, -0.15) is 13.2 Å². The Labute approximate surface area is 144 Å².